The van der Waals surface area contributed by atoms with Gasteiger partial charge < -0.3 is 29.5 Å². The van der Waals surface area contributed by atoms with Crippen LogP contribution in [0.5, 0.6) is 11.5 Å². The molecule has 0 spiro atoms. The first-order chi connectivity index (χ1) is 19.4. The summed E-state index contributed by atoms with van der Waals surface area (Å²) in [6.45, 7) is 0.366. The van der Waals surface area contributed by atoms with E-state index in [1.807, 2.05) is 42.5 Å². The molecule has 2 aliphatic heterocycles. The van der Waals surface area contributed by atoms with E-state index >= 15 is 0 Å². The van der Waals surface area contributed by atoms with E-state index in [0.717, 1.165) is 33.3 Å². The number of carbonyl (C=O) groups excluding carboxylic acids is 2. The molecule has 1 saturated heterocycles. The van der Waals surface area contributed by atoms with E-state index in [0.29, 0.717) is 30.9 Å². The average molecular weight is 543 g/mol. The number of benzene rings is 3. The molecule has 3 aromatic carbocycles. The molecule has 2 unspecified atom stereocenters. The first kappa shape index (κ1) is 25.9. The fourth-order valence-electron chi connectivity index (χ4n) is 5.97. The van der Waals surface area contributed by atoms with Crippen molar-refractivity contribution in [2.24, 2.45) is 0 Å². The molecule has 2 amide bonds. The summed E-state index contributed by atoms with van der Waals surface area (Å²) in [4.78, 5) is 34.5. The maximum atomic E-state index is 13.9. The van der Waals surface area contributed by atoms with Gasteiger partial charge in [-0.1, -0.05) is 36.4 Å². The van der Waals surface area contributed by atoms with Gasteiger partial charge in [-0.3, -0.25) is 9.59 Å². The second-order valence-corrected chi connectivity index (χ2v) is 10.1. The molecule has 2 aliphatic rings. The van der Waals surface area contributed by atoms with Crippen molar-refractivity contribution in [3.63, 3.8) is 0 Å². The van der Waals surface area contributed by atoms with E-state index < -0.39 is 17.3 Å². The number of para-hydroxylation sites is 1. The maximum absolute atomic E-state index is 13.9. The minimum atomic E-state index is -1.02. The van der Waals surface area contributed by atoms with E-state index in [9.17, 15) is 20.0 Å². The number of methoxy groups -OCH3 is 2. The largest absolute Gasteiger partial charge is 0.595 e. The number of rotatable bonds is 7. The standard InChI is InChI=1S/C30H30N4O6/c1-39-25-12-7-18(15-26(25)40-2)13-14-32-17-27(35)33-24(30(32)36)16-22-21-5-3-4-6-23(21)31-28(22)29(33)19-8-10-20(11-9-19)34(37)38/h3-12,15,24,29,31,34,37H,13-14,16-17H2,1-2H3/t24-,29?/m0/s1. The van der Waals surface area contributed by atoms with Gasteiger partial charge in [0.05, 0.1) is 26.8 Å². The summed E-state index contributed by atoms with van der Waals surface area (Å²) >= 11 is 0. The van der Waals surface area contributed by atoms with Crippen LogP contribution >= 0.6 is 0 Å². The molecule has 1 fully saturated rings. The van der Waals surface area contributed by atoms with Gasteiger partial charge in [0.15, 0.2) is 17.2 Å². The third-order valence-electron chi connectivity index (χ3n) is 7.93. The molecule has 1 aromatic heterocycles. The fourth-order valence-corrected chi connectivity index (χ4v) is 5.97. The number of nitrogens with zero attached hydrogens (tertiary/aromatic N) is 2. The minimum absolute atomic E-state index is 0.0259. The number of piperazine rings is 1. The Morgan fingerprint density at radius 2 is 1.77 bits per heavy atom. The Labute approximate surface area is 230 Å². The number of ether oxygens (including phenoxy) is 2. The van der Waals surface area contributed by atoms with Gasteiger partial charge in [0, 0.05) is 41.7 Å². The van der Waals surface area contributed by atoms with Crippen molar-refractivity contribution < 1.29 is 29.5 Å². The lowest BCUT2D eigenvalue weighted by atomic mass is 9.86. The maximum Gasteiger partial charge on any atom is 0.246 e. The Kier molecular flexibility index (Phi) is 6.67. The summed E-state index contributed by atoms with van der Waals surface area (Å²) in [5.41, 5.74) is 4.69. The van der Waals surface area contributed by atoms with Gasteiger partial charge >= 0.3 is 0 Å². The zero-order valence-corrected chi connectivity index (χ0v) is 22.2. The fraction of sp³-hybridized carbons (Fsp3) is 0.267. The van der Waals surface area contributed by atoms with Crippen molar-refractivity contribution in [1.82, 2.24) is 14.8 Å². The molecule has 206 valence electrons. The smallest absolute Gasteiger partial charge is 0.246 e. The van der Waals surface area contributed by atoms with Crippen LogP contribution in [0, 0.1) is 5.21 Å². The van der Waals surface area contributed by atoms with Gasteiger partial charge in [-0.2, -0.15) is 5.23 Å². The lowest BCUT2D eigenvalue weighted by molar-refractivity contribution is -0.991. The van der Waals surface area contributed by atoms with Crippen LogP contribution in [-0.2, 0) is 22.4 Å². The number of aromatic amines is 1. The summed E-state index contributed by atoms with van der Waals surface area (Å²) in [7, 11) is 3.16. The average Bonchev–Trinajstić information content (AvgIpc) is 3.35. The molecule has 40 heavy (non-hydrogen) atoms. The Balaban J connectivity index is 1.34. The Morgan fingerprint density at radius 3 is 2.50 bits per heavy atom. The Bertz CT molecular complexity index is 1580. The predicted octanol–water partition coefficient (Wildman–Crippen LogP) is 2.52. The van der Waals surface area contributed by atoms with E-state index in [1.54, 1.807) is 36.2 Å². The van der Waals surface area contributed by atoms with Gasteiger partial charge in [-0.05, 0) is 41.3 Å². The highest BCUT2D eigenvalue weighted by atomic mass is 16.8. The number of H-pyrrole nitrogens is 1. The zero-order valence-electron chi connectivity index (χ0n) is 22.2. The highest BCUT2D eigenvalue weighted by molar-refractivity contribution is 5.97. The monoisotopic (exact) mass is 542 g/mol. The molecule has 4 aromatic rings. The normalized spacial score (nSPS) is 19.4. The number of quaternary nitrogens is 1. The quantitative estimate of drug-likeness (QED) is 0.309. The number of hydrogen-bond donors (Lipinski definition) is 3. The van der Waals surface area contributed by atoms with Crippen LogP contribution < -0.4 is 14.7 Å². The number of amides is 2. The molecule has 0 bridgehead atoms. The predicted molar refractivity (Wildman–Crippen MR) is 147 cm³/mol. The van der Waals surface area contributed by atoms with Gasteiger partial charge in [0.25, 0.3) is 0 Å². The van der Waals surface area contributed by atoms with Gasteiger partial charge in [-0.25, -0.2) is 5.21 Å². The van der Waals surface area contributed by atoms with E-state index in [4.69, 9.17) is 9.47 Å². The second-order valence-electron chi connectivity index (χ2n) is 10.1. The Morgan fingerprint density at radius 1 is 1.02 bits per heavy atom. The van der Waals surface area contributed by atoms with Crippen molar-refractivity contribution in [2.75, 3.05) is 27.3 Å². The van der Waals surface area contributed by atoms with E-state index in [2.05, 4.69) is 4.98 Å². The van der Waals surface area contributed by atoms with Gasteiger partial charge in [-0.15, -0.1) is 0 Å². The summed E-state index contributed by atoms with van der Waals surface area (Å²) in [6, 6.07) is 18.9. The van der Waals surface area contributed by atoms with Crippen molar-refractivity contribution in [3.05, 3.63) is 94.3 Å². The van der Waals surface area contributed by atoms with E-state index in [1.165, 1.54) is 12.1 Å². The van der Waals surface area contributed by atoms with Gasteiger partial charge in [0.1, 0.15) is 6.04 Å². The number of nitrogens with one attached hydrogen (secondary N) is 2. The first-order valence-electron chi connectivity index (χ1n) is 13.1. The second kappa shape index (κ2) is 10.3. The van der Waals surface area contributed by atoms with Crippen LogP contribution in [0.2, 0.25) is 0 Å². The lowest BCUT2D eigenvalue weighted by Crippen LogP contribution is -2.99. The van der Waals surface area contributed by atoms with Crippen LogP contribution in [0.15, 0.2) is 66.7 Å². The highest BCUT2D eigenvalue weighted by Gasteiger charge is 2.48. The van der Waals surface area contributed by atoms with Crippen molar-refractivity contribution >= 4 is 28.4 Å². The third kappa shape index (κ3) is 4.36. The molecule has 3 N–H and O–H groups in total. The summed E-state index contributed by atoms with van der Waals surface area (Å²) in [5.74, 6) is 1.00. The van der Waals surface area contributed by atoms with Crippen molar-refractivity contribution in [1.29, 1.82) is 0 Å². The Hall–Kier alpha value is -4.38. The molecule has 0 saturated carbocycles. The number of carbonyl (C=O) groups is 2. The molecule has 3 heterocycles. The number of fused-ring (bicyclic) bond motifs is 4. The van der Waals surface area contributed by atoms with Crippen LogP contribution in [0.25, 0.3) is 10.9 Å². The minimum Gasteiger partial charge on any atom is -0.595 e. The van der Waals surface area contributed by atoms with E-state index in [-0.39, 0.29) is 24.0 Å². The molecule has 0 aliphatic carbocycles. The topological polar surface area (TPSA) is 123 Å². The van der Waals surface area contributed by atoms with Crippen LogP contribution in [0.4, 0.5) is 5.69 Å². The lowest BCUT2D eigenvalue weighted by Gasteiger charge is -2.47. The summed E-state index contributed by atoms with van der Waals surface area (Å²) < 4.78 is 10.7. The molecular formula is C30H30N4O6. The summed E-state index contributed by atoms with van der Waals surface area (Å²) in [5, 5.41) is 20.8. The molecule has 0 radical (unpaired) electrons. The SMILES string of the molecule is COc1ccc(CCN2CC(=O)N3C(c4ccc([NH+]([O-])O)cc4)c4[nH]c5ccccc5c4C[C@H]3C2=O)cc1OC. The molecule has 10 heteroatoms. The summed E-state index contributed by atoms with van der Waals surface area (Å²) in [6.07, 6.45) is 0.963. The van der Waals surface area contributed by atoms with Crippen LogP contribution in [0.3, 0.4) is 0 Å². The molecule has 3 atom stereocenters. The molecular weight excluding hydrogens is 512 g/mol. The third-order valence-corrected chi connectivity index (χ3v) is 7.93. The van der Waals surface area contributed by atoms with Crippen LogP contribution in [0.1, 0.15) is 28.4 Å². The highest BCUT2D eigenvalue weighted by Crippen LogP contribution is 2.42. The first-order valence-corrected chi connectivity index (χ1v) is 13.1. The van der Waals surface area contributed by atoms with Crippen LogP contribution in [-0.4, -0.2) is 65.2 Å². The molecule has 10 nitrogen and oxygen atoms in total. The molecule has 6 rings (SSSR count). The zero-order chi connectivity index (χ0) is 28.0. The number of hydrogen-bond acceptors (Lipinski definition) is 6. The van der Waals surface area contributed by atoms with Crippen molar-refractivity contribution in [3.8, 4) is 11.5 Å². The number of aromatic nitrogens is 1. The van der Waals surface area contributed by atoms with Gasteiger partial charge in [0.2, 0.25) is 11.8 Å². The van der Waals surface area contributed by atoms with Crippen molar-refractivity contribution in [2.45, 2.75) is 24.9 Å².